The maximum absolute atomic E-state index is 11.6. The molecule has 0 radical (unpaired) electrons. The zero-order valence-electron chi connectivity index (χ0n) is 15.0. The van der Waals surface area contributed by atoms with Gasteiger partial charge in [0.25, 0.3) is 0 Å². The summed E-state index contributed by atoms with van der Waals surface area (Å²) in [5.41, 5.74) is 10.7. The molecule has 1 rings (SSSR count). The molecule has 0 amide bonds. The molecule has 0 saturated carbocycles. The normalized spacial score (nSPS) is 11.0. The Morgan fingerprint density at radius 3 is 1.92 bits per heavy atom. The van der Waals surface area contributed by atoms with Crippen molar-refractivity contribution in [2.24, 2.45) is 5.73 Å². The van der Waals surface area contributed by atoms with Crippen molar-refractivity contribution in [1.29, 1.82) is 0 Å². The Hall–Kier alpha value is -1.71. The summed E-state index contributed by atoms with van der Waals surface area (Å²) in [6, 6.07) is 6.74. The lowest BCUT2D eigenvalue weighted by Crippen LogP contribution is -2.50. The standard InChI is InChI=1S/C13H20N2O2.C4H11NO3/c1-3-15(4-2)9-10-17-13(16)11-5-7-12(14)8-6-11;5-4(1-6,2-7)3-8/h5-8H,3-4,9-10,14H2,1-2H3;6-8H,1-3,5H2. The number of ether oxygens (including phenoxy) is 1. The van der Waals surface area contributed by atoms with E-state index in [0.29, 0.717) is 17.9 Å². The van der Waals surface area contributed by atoms with Crippen LogP contribution in [0, 0.1) is 0 Å². The van der Waals surface area contributed by atoms with Gasteiger partial charge in [-0.25, -0.2) is 4.79 Å². The molecule has 0 aliphatic carbocycles. The van der Waals surface area contributed by atoms with E-state index in [1.54, 1.807) is 24.3 Å². The molecule has 0 aliphatic heterocycles. The number of anilines is 1. The maximum atomic E-state index is 11.6. The number of likely N-dealkylation sites (N-methyl/N-ethyl adjacent to an activating group) is 1. The number of hydrogen-bond acceptors (Lipinski definition) is 8. The molecular formula is C17H31N3O5. The molecule has 0 fully saturated rings. The van der Waals surface area contributed by atoms with Crippen LogP contribution in [0.5, 0.6) is 0 Å². The number of carbonyl (C=O) groups is 1. The van der Waals surface area contributed by atoms with Gasteiger partial charge in [0.2, 0.25) is 0 Å². The predicted molar refractivity (Wildman–Crippen MR) is 97.1 cm³/mol. The fraction of sp³-hybridized carbons (Fsp3) is 0.588. The summed E-state index contributed by atoms with van der Waals surface area (Å²) in [4.78, 5) is 13.8. The predicted octanol–water partition coefficient (Wildman–Crippen LogP) is -0.572. The summed E-state index contributed by atoms with van der Waals surface area (Å²) in [6.45, 7) is 6.10. The highest BCUT2D eigenvalue weighted by Crippen LogP contribution is 2.06. The second-order valence-electron chi connectivity index (χ2n) is 5.62. The van der Waals surface area contributed by atoms with E-state index in [2.05, 4.69) is 18.7 Å². The van der Waals surface area contributed by atoms with Gasteiger partial charge in [-0.2, -0.15) is 0 Å². The number of nitrogens with zero attached hydrogens (tertiary/aromatic N) is 1. The van der Waals surface area contributed by atoms with Crippen molar-refractivity contribution in [3.05, 3.63) is 29.8 Å². The molecule has 0 aliphatic rings. The maximum Gasteiger partial charge on any atom is 0.338 e. The zero-order valence-corrected chi connectivity index (χ0v) is 15.0. The van der Waals surface area contributed by atoms with Crippen molar-refractivity contribution >= 4 is 11.7 Å². The average molecular weight is 357 g/mol. The van der Waals surface area contributed by atoms with Gasteiger partial charge < -0.3 is 36.4 Å². The molecule has 8 heteroatoms. The monoisotopic (exact) mass is 357 g/mol. The van der Waals surface area contributed by atoms with Crippen molar-refractivity contribution in [1.82, 2.24) is 4.90 Å². The van der Waals surface area contributed by atoms with Gasteiger partial charge in [0.1, 0.15) is 6.61 Å². The SMILES string of the molecule is CCN(CC)CCOC(=O)c1ccc(N)cc1.NC(CO)(CO)CO. The van der Waals surface area contributed by atoms with Gasteiger partial charge in [0, 0.05) is 12.2 Å². The Morgan fingerprint density at radius 1 is 1.08 bits per heavy atom. The molecule has 8 nitrogen and oxygen atoms in total. The van der Waals surface area contributed by atoms with Crippen molar-refractivity contribution in [2.45, 2.75) is 19.4 Å². The number of hydrogen-bond donors (Lipinski definition) is 5. The van der Waals surface area contributed by atoms with Crippen LogP contribution in [0.2, 0.25) is 0 Å². The highest BCUT2D eigenvalue weighted by Gasteiger charge is 2.20. The molecule has 144 valence electrons. The van der Waals surface area contributed by atoms with Crippen LogP contribution in [0.4, 0.5) is 5.69 Å². The van der Waals surface area contributed by atoms with Crippen LogP contribution < -0.4 is 11.5 Å². The summed E-state index contributed by atoms with van der Waals surface area (Å²) in [6.07, 6.45) is 0. The summed E-state index contributed by atoms with van der Waals surface area (Å²) in [7, 11) is 0. The van der Waals surface area contributed by atoms with Crippen LogP contribution in [-0.2, 0) is 4.74 Å². The quantitative estimate of drug-likeness (QED) is 0.292. The highest BCUT2D eigenvalue weighted by atomic mass is 16.5. The van der Waals surface area contributed by atoms with Crippen molar-refractivity contribution in [2.75, 3.05) is 51.8 Å². The Kier molecular flexibility index (Phi) is 11.8. The zero-order chi connectivity index (χ0) is 19.3. The molecule has 0 atom stereocenters. The molecule has 0 saturated heterocycles. The first kappa shape index (κ1) is 23.3. The molecule has 0 heterocycles. The van der Waals surface area contributed by atoms with Crippen molar-refractivity contribution in [3.63, 3.8) is 0 Å². The van der Waals surface area contributed by atoms with E-state index < -0.39 is 25.4 Å². The minimum Gasteiger partial charge on any atom is -0.461 e. The van der Waals surface area contributed by atoms with Gasteiger partial charge in [0.15, 0.2) is 0 Å². The summed E-state index contributed by atoms with van der Waals surface area (Å²) >= 11 is 0. The molecule has 0 spiro atoms. The molecule has 0 aromatic heterocycles. The van der Waals surface area contributed by atoms with E-state index in [1.807, 2.05) is 0 Å². The molecule has 25 heavy (non-hydrogen) atoms. The number of esters is 1. The third-order valence-electron chi connectivity index (χ3n) is 3.63. The lowest BCUT2D eigenvalue weighted by molar-refractivity contribution is 0.0466. The number of benzene rings is 1. The van der Waals surface area contributed by atoms with Gasteiger partial charge in [-0.15, -0.1) is 0 Å². The Morgan fingerprint density at radius 2 is 1.56 bits per heavy atom. The lowest BCUT2D eigenvalue weighted by Gasteiger charge is -2.20. The van der Waals surface area contributed by atoms with Crippen LogP contribution in [0.25, 0.3) is 0 Å². The fourth-order valence-electron chi connectivity index (χ4n) is 1.66. The van der Waals surface area contributed by atoms with Crippen LogP contribution >= 0.6 is 0 Å². The van der Waals surface area contributed by atoms with Gasteiger partial charge in [-0.1, -0.05) is 13.8 Å². The minimum atomic E-state index is -1.21. The number of carbonyl (C=O) groups excluding carboxylic acids is 1. The smallest absolute Gasteiger partial charge is 0.338 e. The van der Waals surface area contributed by atoms with Crippen molar-refractivity contribution in [3.8, 4) is 0 Å². The van der Waals surface area contributed by atoms with E-state index in [1.165, 1.54) is 0 Å². The number of nitrogen functional groups attached to an aromatic ring is 1. The van der Waals surface area contributed by atoms with Crippen LogP contribution in [0.3, 0.4) is 0 Å². The number of aliphatic hydroxyl groups excluding tert-OH is 3. The van der Waals surface area contributed by atoms with Gasteiger partial charge in [-0.3, -0.25) is 0 Å². The average Bonchev–Trinajstić information content (AvgIpc) is 2.65. The molecule has 7 N–H and O–H groups in total. The molecule has 1 aromatic carbocycles. The number of rotatable bonds is 9. The van der Waals surface area contributed by atoms with Crippen LogP contribution in [-0.4, -0.2) is 77.8 Å². The summed E-state index contributed by atoms with van der Waals surface area (Å²) < 4.78 is 5.18. The third-order valence-corrected chi connectivity index (χ3v) is 3.63. The van der Waals surface area contributed by atoms with Gasteiger partial charge in [0.05, 0.1) is 30.9 Å². The van der Waals surface area contributed by atoms with E-state index in [-0.39, 0.29) is 5.97 Å². The topological polar surface area (TPSA) is 142 Å². The van der Waals surface area contributed by atoms with E-state index in [9.17, 15) is 4.79 Å². The Bertz CT molecular complexity index is 465. The van der Waals surface area contributed by atoms with E-state index >= 15 is 0 Å². The summed E-state index contributed by atoms with van der Waals surface area (Å²) in [5, 5.41) is 25.0. The van der Waals surface area contributed by atoms with E-state index in [4.69, 9.17) is 31.5 Å². The first-order chi connectivity index (χ1) is 11.9. The number of nitrogens with two attached hydrogens (primary N) is 2. The summed E-state index contributed by atoms with van der Waals surface area (Å²) in [5.74, 6) is -0.294. The second kappa shape index (κ2) is 12.6. The first-order valence-corrected chi connectivity index (χ1v) is 8.22. The fourth-order valence-corrected chi connectivity index (χ4v) is 1.66. The van der Waals surface area contributed by atoms with Crippen molar-refractivity contribution < 1.29 is 24.9 Å². The van der Waals surface area contributed by atoms with Crippen LogP contribution in [0.1, 0.15) is 24.2 Å². The van der Waals surface area contributed by atoms with Gasteiger partial charge in [-0.05, 0) is 37.4 Å². The van der Waals surface area contributed by atoms with Crippen LogP contribution in [0.15, 0.2) is 24.3 Å². The Labute approximate surface area is 149 Å². The van der Waals surface area contributed by atoms with E-state index in [0.717, 1.165) is 19.6 Å². The molecule has 0 unspecified atom stereocenters. The minimum absolute atomic E-state index is 0.294. The molecule has 0 bridgehead atoms. The first-order valence-electron chi connectivity index (χ1n) is 8.22. The number of aliphatic hydroxyl groups is 3. The second-order valence-corrected chi connectivity index (χ2v) is 5.62. The van der Waals surface area contributed by atoms with Gasteiger partial charge >= 0.3 is 5.97 Å². The molecule has 1 aromatic rings. The largest absolute Gasteiger partial charge is 0.461 e. The third kappa shape index (κ3) is 9.37. The lowest BCUT2D eigenvalue weighted by atomic mass is 10.1. The Balaban J connectivity index is 0.000000609. The highest BCUT2D eigenvalue weighted by molar-refractivity contribution is 5.89. The molecular weight excluding hydrogens is 326 g/mol.